The summed E-state index contributed by atoms with van der Waals surface area (Å²) in [5, 5.41) is 7.06. The third-order valence-corrected chi connectivity index (χ3v) is 3.75. The predicted molar refractivity (Wildman–Crippen MR) is 63.3 cm³/mol. The number of H-pyrrole nitrogens is 1. The number of nitrogens with one attached hydrogen (secondary N) is 2. The third-order valence-electron chi connectivity index (χ3n) is 3.75. The summed E-state index contributed by atoms with van der Waals surface area (Å²) in [6.07, 6.45) is 8.78. The highest BCUT2D eigenvalue weighted by Crippen LogP contribution is 2.38. The maximum atomic E-state index is 10.9. The van der Waals surface area contributed by atoms with Crippen LogP contribution in [-0.4, -0.2) is 23.2 Å². The van der Waals surface area contributed by atoms with Crippen LogP contribution in [0.4, 0.5) is 0 Å². The van der Waals surface area contributed by atoms with Gasteiger partial charge >= 0.3 is 5.76 Å². The molecule has 0 amide bonds. The highest BCUT2D eigenvalue weighted by atomic mass is 16.5. The Bertz CT molecular complexity index is 526. The lowest BCUT2D eigenvalue weighted by Crippen LogP contribution is -2.30. The van der Waals surface area contributed by atoms with Gasteiger partial charge in [-0.3, -0.25) is 9.51 Å². The van der Waals surface area contributed by atoms with Gasteiger partial charge in [-0.05, 0) is 31.7 Å². The van der Waals surface area contributed by atoms with Crippen LogP contribution in [0, 0.1) is 11.8 Å². The molecule has 3 rings (SSSR count). The largest absolute Gasteiger partial charge is 0.439 e. The molecule has 2 aliphatic carbocycles. The van der Waals surface area contributed by atoms with Crippen molar-refractivity contribution in [2.24, 2.45) is 11.8 Å². The van der Waals surface area contributed by atoms with Gasteiger partial charge in [0.05, 0.1) is 0 Å². The lowest BCUT2D eigenvalue weighted by Gasteiger charge is -2.22. The molecule has 0 spiro atoms. The number of aromatic nitrogens is 2. The van der Waals surface area contributed by atoms with Crippen LogP contribution < -0.4 is 11.1 Å². The molecule has 17 heavy (non-hydrogen) atoms. The van der Waals surface area contributed by atoms with E-state index < -0.39 is 5.76 Å². The van der Waals surface area contributed by atoms with Gasteiger partial charge in [-0.15, -0.1) is 0 Å². The molecule has 2 unspecified atom stereocenters. The first-order valence-electron chi connectivity index (χ1n) is 5.91. The zero-order valence-electron chi connectivity index (χ0n) is 9.64. The Balaban J connectivity index is 1.87. The molecule has 0 aliphatic heterocycles. The topological polar surface area (TPSA) is 70.9 Å². The number of allylic oxidation sites excluding steroid dienone is 3. The molecule has 1 saturated carbocycles. The Morgan fingerprint density at radius 1 is 1.53 bits per heavy atom. The zero-order chi connectivity index (χ0) is 11.8. The van der Waals surface area contributed by atoms with E-state index in [1.165, 1.54) is 12.8 Å². The van der Waals surface area contributed by atoms with Crippen molar-refractivity contribution in [3.63, 3.8) is 0 Å². The minimum atomic E-state index is -0.504. The Morgan fingerprint density at radius 2 is 2.41 bits per heavy atom. The van der Waals surface area contributed by atoms with Gasteiger partial charge in [-0.25, -0.2) is 4.79 Å². The summed E-state index contributed by atoms with van der Waals surface area (Å²) < 4.78 is 4.52. The van der Waals surface area contributed by atoms with E-state index in [0.29, 0.717) is 23.7 Å². The van der Waals surface area contributed by atoms with Gasteiger partial charge in [0.25, 0.3) is 0 Å². The average Bonchev–Trinajstić information content (AvgIpc) is 2.94. The average molecular weight is 233 g/mol. The molecule has 2 N–H and O–H groups in total. The van der Waals surface area contributed by atoms with Crippen LogP contribution >= 0.6 is 0 Å². The smallest absolute Gasteiger partial charge is 0.316 e. The van der Waals surface area contributed by atoms with E-state index in [4.69, 9.17) is 0 Å². The Kier molecular flexibility index (Phi) is 2.48. The van der Waals surface area contributed by atoms with Crippen LogP contribution in [0.5, 0.6) is 0 Å². The lowest BCUT2D eigenvalue weighted by atomic mass is 9.87. The summed E-state index contributed by atoms with van der Waals surface area (Å²) in [6, 6.07) is 0.561. The summed E-state index contributed by atoms with van der Waals surface area (Å²) in [5.41, 5.74) is 0.953. The second-order valence-corrected chi connectivity index (χ2v) is 4.64. The minimum Gasteiger partial charge on any atom is -0.316 e. The van der Waals surface area contributed by atoms with Gasteiger partial charge in [0, 0.05) is 11.6 Å². The van der Waals surface area contributed by atoms with Gasteiger partial charge in [0.1, 0.15) is 0 Å². The fourth-order valence-corrected chi connectivity index (χ4v) is 2.88. The van der Waals surface area contributed by atoms with Crippen LogP contribution in [0.2, 0.25) is 0 Å². The fourth-order valence-electron chi connectivity index (χ4n) is 2.88. The Labute approximate surface area is 98.6 Å². The van der Waals surface area contributed by atoms with Crippen molar-refractivity contribution >= 4 is 5.57 Å². The number of nitrogens with zero attached hydrogens (tertiary/aromatic N) is 1. The molecule has 90 valence electrons. The fraction of sp³-hybridized carbons (Fsp3) is 0.500. The van der Waals surface area contributed by atoms with E-state index >= 15 is 0 Å². The molecule has 0 aromatic carbocycles. The van der Waals surface area contributed by atoms with E-state index in [0.717, 1.165) is 5.57 Å². The molecule has 2 aliphatic rings. The summed E-state index contributed by atoms with van der Waals surface area (Å²) in [7, 11) is 2.01. The van der Waals surface area contributed by atoms with Crippen LogP contribution in [0.15, 0.2) is 27.5 Å². The zero-order valence-corrected chi connectivity index (χ0v) is 9.64. The second-order valence-electron chi connectivity index (χ2n) is 4.64. The van der Waals surface area contributed by atoms with Gasteiger partial charge < -0.3 is 5.32 Å². The SMILES string of the molecule is CN[C@H]1CCC2C=C(c3noc(=O)[nH]3)C=CC21. The molecule has 3 atom stereocenters. The molecule has 5 heteroatoms. The maximum Gasteiger partial charge on any atom is 0.439 e. The predicted octanol–water partition coefficient (Wildman–Crippen LogP) is 0.930. The molecular weight excluding hydrogens is 218 g/mol. The Morgan fingerprint density at radius 3 is 3.12 bits per heavy atom. The summed E-state index contributed by atoms with van der Waals surface area (Å²) >= 11 is 0. The molecule has 0 radical (unpaired) electrons. The molecule has 1 aromatic rings. The van der Waals surface area contributed by atoms with Crippen molar-refractivity contribution in [3.05, 3.63) is 34.6 Å². The van der Waals surface area contributed by atoms with Crippen molar-refractivity contribution < 1.29 is 4.52 Å². The van der Waals surface area contributed by atoms with Crippen molar-refractivity contribution in [1.82, 2.24) is 15.5 Å². The summed E-state index contributed by atoms with van der Waals surface area (Å²) in [6.45, 7) is 0. The first-order chi connectivity index (χ1) is 8.28. The van der Waals surface area contributed by atoms with E-state index in [2.05, 4.69) is 32.1 Å². The first-order valence-corrected chi connectivity index (χ1v) is 5.91. The van der Waals surface area contributed by atoms with Gasteiger partial charge in [-0.2, -0.15) is 0 Å². The molecular formula is C12H15N3O2. The van der Waals surface area contributed by atoms with E-state index in [9.17, 15) is 4.79 Å². The van der Waals surface area contributed by atoms with Crippen molar-refractivity contribution in [1.29, 1.82) is 0 Å². The van der Waals surface area contributed by atoms with E-state index in [1.807, 2.05) is 13.1 Å². The van der Waals surface area contributed by atoms with Gasteiger partial charge in [0.2, 0.25) is 0 Å². The first kappa shape index (κ1) is 10.5. The highest BCUT2D eigenvalue weighted by molar-refractivity contribution is 5.70. The van der Waals surface area contributed by atoms with E-state index in [1.54, 1.807) is 0 Å². The second kappa shape index (κ2) is 4.00. The van der Waals surface area contributed by atoms with Crippen LogP contribution in [0.1, 0.15) is 18.7 Å². The number of fused-ring (bicyclic) bond motifs is 1. The van der Waals surface area contributed by atoms with Crippen molar-refractivity contribution in [2.45, 2.75) is 18.9 Å². The number of rotatable bonds is 2. The minimum absolute atomic E-state index is 0.504. The molecule has 1 heterocycles. The van der Waals surface area contributed by atoms with E-state index in [-0.39, 0.29) is 0 Å². The van der Waals surface area contributed by atoms with Gasteiger partial charge in [0.15, 0.2) is 5.82 Å². The molecule has 5 nitrogen and oxygen atoms in total. The molecule has 0 bridgehead atoms. The van der Waals surface area contributed by atoms with Crippen LogP contribution in [-0.2, 0) is 0 Å². The summed E-state index contributed by atoms with van der Waals surface area (Å²) in [5.74, 6) is 1.11. The highest BCUT2D eigenvalue weighted by Gasteiger charge is 2.34. The number of hydrogen-bond acceptors (Lipinski definition) is 4. The summed E-state index contributed by atoms with van der Waals surface area (Å²) in [4.78, 5) is 13.5. The number of hydrogen-bond donors (Lipinski definition) is 2. The standard InChI is InChI=1S/C12H15N3O2/c1-13-10-5-3-7-6-8(2-4-9(7)10)11-14-12(16)17-15-11/h2,4,6-7,9-10,13H,3,5H2,1H3,(H,14,15,16)/t7?,9?,10-/m0/s1. The normalized spacial score (nSPS) is 31.4. The van der Waals surface area contributed by atoms with Crippen molar-refractivity contribution in [3.8, 4) is 0 Å². The molecule has 1 aromatic heterocycles. The van der Waals surface area contributed by atoms with Crippen LogP contribution in [0.3, 0.4) is 0 Å². The number of aromatic amines is 1. The Hall–Kier alpha value is -1.62. The van der Waals surface area contributed by atoms with Crippen LogP contribution in [0.25, 0.3) is 5.57 Å². The van der Waals surface area contributed by atoms with Gasteiger partial charge in [-0.1, -0.05) is 23.4 Å². The monoisotopic (exact) mass is 233 g/mol. The third kappa shape index (κ3) is 1.76. The molecule has 0 saturated heterocycles. The van der Waals surface area contributed by atoms with Crippen molar-refractivity contribution in [2.75, 3.05) is 7.05 Å². The quantitative estimate of drug-likeness (QED) is 0.797. The maximum absolute atomic E-state index is 10.9. The lowest BCUT2D eigenvalue weighted by molar-refractivity contribution is 0.385. The molecule has 1 fully saturated rings.